The van der Waals surface area contributed by atoms with Crippen molar-refractivity contribution in [3.8, 4) is 5.69 Å². The zero-order valence-electron chi connectivity index (χ0n) is 11.2. The monoisotopic (exact) mass is 290 g/mol. The van der Waals surface area contributed by atoms with E-state index >= 15 is 0 Å². The Labute approximate surface area is 122 Å². The van der Waals surface area contributed by atoms with Crippen molar-refractivity contribution in [3.63, 3.8) is 0 Å². The van der Waals surface area contributed by atoms with Crippen molar-refractivity contribution in [1.82, 2.24) is 9.78 Å². The zero-order valence-corrected chi connectivity index (χ0v) is 12.0. The van der Waals surface area contributed by atoms with Crippen LogP contribution in [0.1, 0.15) is 31.0 Å². The molecule has 0 aliphatic carbocycles. The molecular formula is C15H15ClN2O2. The molecule has 0 amide bonds. The van der Waals surface area contributed by atoms with Crippen LogP contribution in [0.2, 0.25) is 5.02 Å². The molecule has 0 saturated heterocycles. The summed E-state index contributed by atoms with van der Waals surface area (Å²) < 4.78 is 1.71. The number of hydrogen-bond donors (Lipinski definition) is 1. The fraction of sp³-hybridized carbons (Fsp3) is 0.200. The third kappa shape index (κ3) is 3.08. The van der Waals surface area contributed by atoms with Gasteiger partial charge in [-0.15, -0.1) is 0 Å². The summed E-state index contributed by atoms with van der Waals surface area (Å²) in [6.07, 6.45) is 4.40. The average Bonchev–Trinajstić information content (AvgIpc) is 2.86. The van der Waals surface area contributed by atoms with Gasteiger partial charge < -0.3 is 5.11 Å². The number of carboxylic acids is 1. The first-order valence-corrected chi connectivity index (χ1v) is 6.62. The van der Waals surface area contributed by atoms with E-state index in [1.54, 1.807) is 10.7 Å². The van der Waals surface area contributed by atoms with Gasteiger partial charge in [0.25, 0.3) is 0 Å². The van der Waals surface area contributed by atoms with Gasteiger partial charge in [-0.3, -0.25) is 0 Å². The van der Waals surface area contributed by atoms with Crippen LogP contribution in [-0.4, -0.2) is 20.9 Å². The maximum Gasteiger partial charge on any atom is 0.328 e. The summed E-state index contributed by atoms with van der Waals surface area (Å²) in [6.45, 7) is 4.13. The second-order valence-electron chi connectivity index (χ2n) is 4.68. The Balaban J connectivity index is 2.50. The van der Waals surface area contributed by atoms with Crippen LogP contribution < -0.4 is 0 Å². The van der Waals surface area contributed by atoms with Crippen molar-refractivity contribution in [2.75, 3.05) is 0 Å². The van der Waals surface area contributed by atoms with Crippen LogP contribution in [0.4, 0.5) is 0 Å². The minimum Gasteiger partial charge on any atom is -0.478 e. The Hall–Kier alpha value is -2.07. The topological polar surface area (TPSA) is 55.1 Å². The van der Waals surface area contributed by atoms with Gasteiger partial charge in [0.15, 0.2) is 0 Å². The fourth-order valence-corrected chi connectivity index (χ4v) is 2.06. The number of halogens is 1. The van der Waals surface area contributed by atoms with Crippen LogP contribution >= 0.6 is 11.6 Å². The first-order chi connectivity index (χ1) is 9.49. The highest BCUT2D eigenvalue weighted by molar-refractivity contribution is 6.32. The van der Waals surface area contributed by atoms with Crippen LogP contribution in [0, 0.1) is 0 Å². The summed E-state index contributed by atoms with van der Waals surface area (Å²) in [7, 11) is 0. The van der Waals surface area contributed by atoms with Crippen LogP contribution in [-0.2, 0) is 4.79 Å². The van der Waals surface area contributed by atoms with Crippen molar-refractivity contribution in [1.29, 1.82) is 0 Å². The van der Waals surface area contributed by atoms with E-state index in [2.05, 4.69) is 18.9 Å². The quantitative estimate of drug-likeness (QED) is 0.873. The minimum absolute atomic E-state index is 0.327. The third-order valence-electron chi connectivity index (χ3n) is 2.87. The third-order valence-corrected chi connectivity index (χ3v) is 3.20. The molecule has 1 heterocycles. The second kappa shape index (κ2) is 5.92. The average molecular weight is 291 g/mol. The molecule has 2 rings (SSSR count). The van der Waals surface area contributed by atoms with Crippen molar-refractivity contribution < 1.29 is 9.90 Å². The minimum atomic E-state index is -1.01. The molecule has 104 valence electrons. The summed E-state index contributed by atoms with van der Waals surface area (Å²) in [5, 5.41) is 13.7. The summed E-state index contributed by atoms with van der Waals surface area (Å²) in [5.74, 6) is -0.687. The number of aliphatic carboxylic acids is 1. The predicted octanol–water partition coefficient (Wildman–Crippen LogP) is 3.75. The number of hydrogen-bond acceptors (Lipinski definition) is 2. The highest BCUT2D eigenvalue weighted by atomic mass is 35.5. The Morgan fingerprint density at radius 1 is 1.40 bits per heavy atom. The van der Waals surface area contributed by atoms with Gasteiger partial charge in [-0.25, -0.2) is 9.48 Å². The molecule has 1 aromatic heterocycles. The maximum absolute atomic E-state index is 10.7. The van der Waals surface area contributed by atoms with Gasteiger partial charge in [0.1, 0.15) is 0 Å². The predicted molar refractivity (Wildman–Crippen MR) is 79.3 cm³/mol. The largest absolute Gasteiger partial charge is 0.478 e. The molecule has 0 fully saturated rings. The van der Waals surface area contributed by atoms with E-state index in [0.29, 0.717) is 16.5 Å². The number of benzene rings is 1. The van der Waals surface area contributed by atoms with Crippen LogP contribution in [0.25, 0.3) is 11.8 Å². The van der Waals surface area contributed by atoms with E-state index in [-0.39, 0.29) is 0 Å². The normalized spacial score (nSPS) is 11.4. The maximum atomic E-state index is 10.7. The molecule has 0 aliphatic heterocycles. The Bertz CT molecular complexity index is 660. The van der Waals surface area contributed by atoms with Gasteiger partial charge in [-0.2, -0.15) is 5.10 Å². The van der Waals surface area contributed by atoms with Gasteiger partial charge in [0.2, 0.25) is 0 Å². The smallest absolute Gasteiger partial charge is 0.328 e. The van der Waals surface area contributed by atoms with Gasteiger partial charge in [-0.05, 0) is 30.2 Å². The first-order valence-electron chi connectivity index (χ1n) is 6.24. The first kappa shape index (κ1) is 14.3. The van der Waals surface area contributed by atoms with E-state index in [4.69, 9.17) is 16.7 Å². The number of carbonyl (C=O) groups is 1. The SMILES string of the molecule is CC(C)c1ccn(-c2cccc(Cl)c2C=CC(=O)O)n1. The lowest BCUT2D eigenvalue weighted by Crippen LogP contribution is -2.00. The molecule has 0 atom stereocenters. The van der Waals surface area contributed by atoms with E-state index in [0.717, 1.165) is 17.5 Å². The van der Waals surface area contributed by atoms with E-state index in [1.807, 2.05) is 24.4 Å². The number of nitrogens with zero attached hydrogens (tertiary/aromatic N) is 2. The molecule has 0 spiro atoms. The number of carboxylic acid groups (broad SMARTS) is 1. The number of rotatable bonds is 4. The van der Waals surface area contributed by atoms with Crippen LogP contribution in [0.5, 0.6) is 0 Å². The molecule has 1 N–H and O–H groups in total. The van der Waals surface area contributed by atoms with Crippen LogP contribution in [0.15, 0.2) is 36.5 Å². The van der Waals surface area contributed by atoms with E-state index in [9.17, 15) is 4.79 Å². The van der Waals surface area contributed by atoms with Crippen molar-refractivity contribution >= 4 is 23.6 Å². The van der Waals surface area contributed by atoms with E-state index < -0.39 is 5.97 Å². The molecule has 0 saturated carbocycles. The summed E-state index contributed by atoms with van der Waals surface area (Å²) >= 11 is 6.15. The van der Waals surface area contributed by atoms with Gasteiger partial charge >= 0.3 is 5.97 Å². The second-order valence-corrected chi connectivity index (χ2v) is 5.09. The Kier molecular flexibility index (Phi) is 4.25. The van der Waals surface area contributed by atoms with E-state index in [1.165, 1.54) is 6.08 Å². The van der Waals surface area contributed by atoms with Crippen molar-refractivity contribution in [2.24, 2.45) is 0 Å². The molecule has 0 bridgehead atoms. The summed E-state index contributed by atoms with van der Waals surface area (Å²) in [4.78, 5) is 10.7. The lowest BCUT2D eigenvalue weighted by atomic mass is 10.1. The number of aromatic nitrogens is 2. The van der Waals surface area contributed by atoms with Gasteiger partial charge in [-0.1, -0.05) is 31.5 Å². The fourth-order valence-electron chi connectivity index (χ4n) is 1.83. The highest BCUT2D eigenvalue weighted by Crippen LogP contribution is 2.25. The van der Waals surface area contributed by atoms with Crippen molar-refractivity contribution in [2.45, 2.75) is 19.8 Å². The molecule has 1 aromatic carbocycles. The van der Waals surface area contributed by atoms with Crippen LogP contribution in [0.3, 0.4) is 0 Å². The molecule has 5 heteroatoms. The summed E-state index contributed by atoms with van der Waals surface area (Å²) in [6, 6.07) is 7.33. The highest BCUT2D eigenvalue weighted by Gasteiger charge is 2.09. The molecule has 20 heavy (non-hydrogen) atoms. The van der Waals surface area contributed by atoms with Crippen molar-refractivity contribution in [3.05, 3.63) is 52.8 Å². The lowest BCUT2D eigenvalue weighted by molar-refractivity contribution is -0.131. The lowest BCUT2D eigenvalue weighted by Gasteiger charge is -2.08. The molecular weight excluding hydrogens is 276 g/mol. The molecule has 0 unspecified atom stereocenters. The molecule has 2 aromatic rings. The van der Waals surface area contributed by atoms with Gasteiger partial charge in [0.05, 0.1) is 11.4 Å². The summed E-state index contributed by atoms with van der Waals surface area (Å²) in [5.41, 5.74) is 2.36. The van der Waals surface area contributed by atoms with Gasteiger partial charge in [0, 0.05) is 22.9 Å². The Morgan fingerprint density at radius 2 is 2.15 bits per heavy atom. The molecule has 0 radical (unpaired) electrons. The molecule has 4 nitrogen and oxygen atoms in total. The molecule has 0 aliphatic rings. The zero-order chi connectivity index (χ0) is 14.7. The Morgan fingerprint density at radius 3 is 2.75 bits per heavy atom. The standard InChI is InChI=1S/C15H15ClN2O2/c1-10(2)13-8-9-18(17-13)14-5-3-4-12(16)11(14)6-7-15(19)20/h3-10H,1-2H3,(H,19,20).